The first-order valence-electron chi connectivity index (χ1n) is 9.14. The number of nitrogens with one attached hydrogen (secondary N) is 1. The van der Waals surface area contributed by atoms with Crippen LogP contribution in [0.15, 0.2) is 30.3 Å². The fourth-order valence-electron chi connectivity index (χ4n) is 4.47. The molecule has 1 aromatic rings. The van der Waals surface area contributed by atoms with E-state index in [-0.39, 0.29) is 0 Å². The average molecular weight is 285 g/mol. The van der Waals surface area contributed by atoms with Crippen molar-refractivity contribution in [1.29, 1.82) is 0 Å². The van der Waals surface area contributed by atoms with Crippen LogP contribution in [-0.2, 0) is 0 Å². The lowest BCUT2D eigenvalue weighted by Crippen LogP contribution is -2.39. The van der Waals surface area contributed by atoms with Gasteiger partial charge in [0.2, 0.25) is 0 Å². The van der Waals surface area contributed by atoms with E-state index in [4.69, 9.17) is 0 Å². The van der Waals surface area contributed by atoms with E-state index >= 15 is 0 Å². The van der Waals surface area contributed by atoms with Gasteiger partial charge in [0.1, 0.15) is 0 Å². The lowest BCUT2D eigenvalue weighted by Gasteiger charge is -2.37. The zero-order valence-electron chi connectivity index (χ0n) is 13.6. The molecule has 0 aromatic heterocycles. The predicted molar refractivity (Wildman–Crippen MR) is 90.3 cm³/mol. The van der Waals surface area contributed by atoms with Gasteiger partial charge in [-0.3, -0.25) is 0 Å². The van der Waals surface area contributed by atoms with E-state index in [0.717, 1.165) is 17.9 Å². The number of hydrogen-bond donors (Lipinski definition) is 1. The molecule has 0 aliphatic heterocycles. The van der Waals surface area contributed by atoms with Crippen LogP contribution in [0.25, 0.3) is 0 Å². The molecule has 0 heterocycles. The molecule has 2 aliphatic carbocycles. The van der Waals surface area contributed by atoms with Crippen LogP contribution in [-0.4, -0.2) is 6.04 Å². The van der Waals surface area contributed by atoms with Gasteiger partial charge < -0.3 is 5.32 Å². The third-order valence-electron chi connectivity index (χ3n) is 5.63. The summed E-state index contributed by atoms with van der Waals surface area (Å²) in [6, 6.07) is 12.5. The zero-order valence-corrected chi connectivity index (χ0v) is 13.6. The van der Waals surface area contributed by atoms with E-state index in [1.165, 1.54) is 63.4 Å². The maximum atomic E-state index is 4.07. The van der Waals surface area contributed by atoms with Gasteiger partial charge in [-0.1, -0.05) is 69.4 Å². The lowest BCUT2D eigenvalue weighted by atomic mass is 9.79. The molecule has 0 radical (unpaired) electrons. The van der Waals surface area contributed by atoms with Gasteiger partial charge in [-0.15, -0.1) is 0 Å². The third-order valence-corrected chi connectivity index (χ3v) is 5.63. The molecule has 0 bridgehead atoms. The van der Waals surface area contributed by atoms with Crippen LogP contribution in [0.5, 0.6) is 0 Å². The smallest absolute Gasteiger partial charge is 0.0351 e. The Kier molecular flexibility index (Phi) is 5.35. The van der Waals surface area contributed by atoms with Crippen molar-refractivity contribution in [2.75, 3.05) is 0 Å². The van der Waals surface area contributed by atoms with Gasteiger partial charge in [0.25, 0.3) is 0 Å². The maximum Gasteiger partial charge on any atom is 0.0351 e. The Morgan fingerprint density at radius 3 is 2.38 bits per heavy atom. The minimum Gasteiger partial charge on any atom is -0.307 e. The van der Waals surface area contributed by atoms with Crippen LogP contribution in [0, 0.1) is 11.8 Å². The minimum atomic E-state index is 0.585. The van der Waals surface area contributed by atoms with Crippen molar-refractivity contribution in [3.63, 3.8) is 0 Å². The zero-order chi connectivity index (χ0) is 14.5. The standard InChI is InChI=1S/C20H31N/c1-16-9-8-14-19(15-16)21-20(17-10-4-2-5-11-17)18-12-6-3-7-13-18/h2,4-5,10-11,16,18-21H,3,6-9,12-15H2,1H3. The van der Waals surface area contributed by atoms with Crippen LogP contribution in [0.3, 0.4) is 0 Å². The number of rotatable bonds is 4. The summed E-state index contributed by atoms with van der Waals surface area (Å²) in [4.78, 5) is 0. The van der Waals surface area contributed by atoms with Gasteiger partial charge in [-0.25, -0.2) is 0 Å². The van der Waals surface area contributed by atoms with Gasteiger partial charge in [0.15, 0.2) is 0 Å². The molecule has 1 heteroatoms. The van der Waals surface area contributed by atoms with Crippen molar-refractivity contribution >= 4 is 0 Å². The van der Waals surface area contributed by atoms with Crippen molar-refractivity contribution in [3.05, 3.63) is 35.9 Å². The molecule has 3 unspecified atom stereocenters. The molecule has 0 spiro atoms. The molecule has 2 aliphatic rings. The Morgan fingerprint density at radius 2 is 1.67 bits per heavy atom. The van der Waals surface area contributed by atoms with Crippen molar-refractivity contribution < 1.29 is 0 Å². The summed E-state index contributed by atoms with van der Waals surface area (Å²) in [5.41, 5.74) is 1.52. The van der Waals surface area contributed by atoms with Crippen LogP contribution in [0.2, 0.25) is 0 Å². The Morgan fingerprint density at radius 1 is 0.905 bits per heavy atom. The molecule has 1 nitrogen and oxygen atoms in total. The van der Waals surface area contributed by atoms with Gasteiger partial charge >= 0.3 is 0 Å². The maximum absolute atomic E-state index is 4.07. The molecule has 0 amide bonds. The summed E-state index contributed by atoms with van der Waals surface area (Å²) < 4.78 is 0. The van der Waals surface area contributed by atoms with E-state index < -0.39 is 0 Å². The first-order valence-corrected chi connectivity index (χ1v) is 9.14. The van der Waals surface area contributed by atoms with E-state index in [1.54, 1.807) is 0 Å². The van der Waals surface area contributed by atoms with E-state index in [2.05, 4.69) is 42.6 Å². The molecule has 1 N–H and O–H groups in total. The summed E-state index contributed by atoms with van der Waals surface area (Å²) in [7, 11) is 0. The molecule has 2 fully saturated rings. The summed E-state index contributed by atoms with van der Waals surface area (Å²) in [5.74, 6) is 1.75. The molecule has 2 saturated carbocycles. The molecule has 1 aromatic carbocycles. The number of benzene rings is 1. The van der Waals surface area contributed by atoms with Gasteiger partial charge in [0, 0.05) is 12.1 Å². The second-order valence-electron chi connectivity index (χ2n) is 7.42. The molecule has 3 atom stereocenters. The lowest BCUT2D eigenvalue weighted by molar-refractivity contribution is 0.216. The average Bonchev–Trinajstić information content (AvgIpc) is 2.54. The van der Waals surface area contributed by atoms with Crippen molar-refractivity contribution in [3.8, 4) is 0 Å². The molecule has 0 saturated heterocycles. The second kappa shape index (κ2) is 7.45. The summed E-state index contributed by atoms with van der Waals surface area (Å²) in [6.07, 6.45) is 12.7. The summed E-state index contributed by atoms with van der Waals surface area (Å²) in [5, 5.41) is 4.07. The highest BCUT2D eigenvalue weighted by molar-refractivity contribution is 5.20. The topological polar surface area (TPSA) is 12.0 Å². The highest BCUT2D eigenvalue weighted by atomic mass is 15.0. The van der Waals surface area contributed by atoms with Crippen LogP contribution in [0.1, 0.15) is 76.3 Å². The van der Waals surface area contributed by atoms with E-state index in [1.807, 2.05) is 0 Å². The fraction of sp³-hybridized carbons (Fsp3) is 0.700. The van der Waals surface area contributed by atoms with Crippen LogP contribution >= 0.6 is 0 Å². The molecular weight excluding hydrogens is 254 g/mol. The Balaban J connectivity index is 1.72. The molecule has 21 heavy (non-hydrogen) atoms. The minimum absolute atomic E-state index is 0.585. The van der Waals surface area contributed by atoms with Gasteiger partial charge in [-0.05, 0) is 43.1 Å². The van der Waals surface area contributed by atoms with Gasteiger partial charge in [-0.2, -0.15) is 0 Å². The van der Waals surface area contributed by atoms with Crippen LogP contribution in [0.4, 0.5) is 0 Å². The van der Waals surface area contributed by atoms with Crippen molar-refractivity contribution in [1.82, 2.24) is 5.32 Å². The first-order chi connectivity index (χ1) is 10.3. The fourth-order valence-corrected chi connectivity index (χ4v) is 4.47. The van der Waals surface area contributed by atoms with Crippen molar-refractivity contribution in [2.45, 2.75) is 76.8 Å². The van der Waals surface area contributed by atoms with Crippen molar-refractivity contribution in [2.24, 2.45) is 11.8 Å². The highest BCUT2D eigenvalue weighted by Crippen LogP contribution is 2.36. The molecule has 3 rings (SSSR count). The van der Waals surface area contributed by atoms with E-state index in [0.29, 0.717) is 6.04 Å². The number of hydrogen-bond acceptors (Lipinski definition) is 1. The Labute approximate surface area is 130 Å². The second-order valence-corrected chi connectivity index (χ2v) is 7.42. The summed E-state index contributed by atoms with van der Waals surface area (Å²) >= 11 is 0. The quantitative estimate of drug-likeness (QED) is 0.772. The Hall–Kier alpha value is -0.820. The Bertz CT molecular complexity index is 407. The predicted octanol–water partition coefficient (Wildman–Crippen LogP) is 5.48. The first kappa shape index (κ1) is 15.1. The third kappa shape index (κ3) is 4.10. The van der Waals surface area contributed by atoms with Gasteiger partial charge in [0.05, 0.1) is 0 Å². The monoisotopic (exact) mass is 285 g/mol. The highest BCUT2D eigenvalue weighted by Gasteiger charge is 2.28. The van der Waals surface area contributed by atoms with Crippen LogP contribution < -0.4 is 5.32 Å². The van der Waals surface area contributed by atoms with E-state index in [9.17, 15) is 0 Å². The largest absolute Gasteiger partial charge is 0.307 e. The molecule has 116 valence electrons. The molecular formula is C20H31N. The SMILES string of the molecule is CC1CCCC(NC(c2ccccc2)C2CCCCC2)C1. The normalized spacial score (nSPS) is 29.2. The summed E-state index contributed by atoms with van der Waals surface area (Å²) in [6.45, 7) is 2.42.